The topological polar surface area (TPSA) is 38.2 Å². The molecule has 0 atom stereocenters. The van der Waals surface area contributed by atoms with Gasteiger partial charge in [0.25, 0.3) is 0 Å². The molecule has 0 N–H and O–H groups in total. The fraction of sp³-hybridized carbons (Fsp3) is 0.600. The molecule has 4 heteroatoms. The quantitative estimate of drug-likeness (QED) is 0.698. The number of aryl methyl sites for hydroxylation is 1. The van der Waals surface area contributed by atoms with Crippen LogP contribution in [0.2, 0.25) is 0 Å². The lowest BCUT2D eigenvalue weighted by molar-refractivity contribution is 0.122. The number of hydrogen-bond donors (Lipinski definition) is 0. The molecule has 0 amide bonds. The Morgan fingerprint density at radius 2 is 2.07 bits per heavy atom. The Bertz CT molecular complexity index is 280. The van der Waals surface area contributed by atoms with Crippen molar-refractivity contribution in [2.24, 2.45) is 0 Å². The molecule has 0 bridgehead atoms. The molecule has 1 aromatic rings. The summed E-state index contributed by atoms with van der Waals surface area (Å²) < 4.78 is 5.28. The Kier molecular flexibility index (Phi) is 2.93. The van der Waals surface area contributed by atoms with Crippen LogP contribution in [0.1, 0.15) is 12.6 Å². The number of ether oxygens (including phenoxy) is 1. The maximum Gasteiger partial charge on any atom is 0.151 e. The van der Waals surface area contributed by atoms with Crippen LogP contribution in [-0.2, 0) is 11.2 Å². The molecule has 2 rings (SSSR count). The van der Waals surface area contributed by atoms with E-state index < -0.39 is 0 Å². The molecule has 1 saturated heterocycles. The van der Waals surface area contributed by atoms with Gasteiger partial charge in [-0.1, -0.05) is 6.92 Å². The first-order valence-electron chi connectivity index (χ1n) is 5.05. The molecule has 2 heterocycles. The van der Waals surface area contributed by atoms with E-state index in [0.717, 1.165) is 44.2 Å². The van der Waals surface area contributed by atoms with Crippen molar-refractivity contribution in [1.82, 2.24) is 10.2 Å². The smallest absolute Gasteiger partial charge is 0.151 e. The molecule has 0 aliphatic carbocycles. The first-order chi connectivity index (χ1) is 6.90. The van der Waals surface area contributed by atoms with Gasteiger partial charge >= 0.3 is 0 Å². The average molecular weight is 193 g/mol. The predicted octanol–water partition coefficient (Wildman–Crippen LogP) is 0.876. The fourth-order valence-electron chi connectivity index (χ4n) is 1.50. The van der Waals surface area contributed by atoms with Gasteiger partial charge in [-0.25, -0.2) is 0 Å². The van der Waals surface area contributed by atoms with Gasteiger partial charge in [-0.05, 0) is 18.6 Å². The number of aromatic nitrogens is 2. The molecular formula is C10H15N3O. The van der Waals surface area contributed by atoms with E-state index in [2.05, 4.69) is 22.0 Å². The Hall–Kier alpha value is -1.16. The van der Waals surface area contributed by atoms with Crippen LogP contribution >= 0.6 is 0 Å². The highest BCUT2D eigenvalue weighted by atomic mass is 16.5. The highest BCUT2D eigenvalue weighted by molar-refractivity contribution is 5.37. The standard InChI is InChI=1S/C10H15N3O/c1-2-9-3-4-10(12-11-9)13-5-7-14-8-6-13/h3-4H,2,5-8H2,1H3. The lowest BCUT2D eigenvalue weighted by atomic mass is 10.3. The van der Waals surface area contributed by atoms with Crippen LogP contribution in [0.5, 0.6) is 0 Å². The molecular weight excluding hydrogens is 178 g/mol. The van der Waals surface area contributed by atoms with Gasteiger partial charge in [0, 0.05) is 13.1 Å². The van der Waals surface area contributed by atoms with E-state index in [1.54, 1.807) is 0 Å². The third-order valence-electron chi connectivity index (χ3n) is 2.40. The van der Waals surface area contributed by atoms with Crippen molar-refractivity contribution < 1.29 is 4.74 Å². The van der Waals surface area contributed by atoms with Crippen molar-refractivity contribution in [2.45, 2.75) is 13.3 Å². The zero-order chi connectivity index (χ0) is 9.80. The van der Waals surface area contributed by atoms with Crippen LogP contribution in [-0.4, -0.2) is 36.5 Å². The third kappa shape index (κ3) is 2.01. The molecule has 0 spiro atoms. The normalized spacial score (nSPS) is 17.1. The molecule has 1 aromatic heterocycles. The maximum absolute atomic E-state index is 5.28. The van der Waals surface area contributed by atoms with Crippen molar-refractivity contribution >= 4 is 5.82 Å². The highest BCUT2D eigenvalue weighted by Crippen LogP contribution is 2.11. The zero-order valence-electron chi connectivity index (χ0n) is 8.44. The molecule has 1 aliphatic heterocycles. The van der Waals surface area contributed by atoms with Crippen LogP contribution < -0.4 is 4.90 Å². The minimum Gasteiger partial charge on any atom is -0.378 e. The van der Waals surface area contributed by atoms with E-state index in [4.69, 9.17) is 4.74 Å². The Labute approximate surface area is 83.9 Å². The van der Waals surface area contributed by atoms with Gasteiger partial charge in [0.15, 0.2) is 5.82 Å². The summed E-state index contributed by atoms with van der Waals surface area (Å²) in [5.74, 6) is 0.963. The maximum atomic E-state index is 5.28. The van der Waals surface area contributed by atoms with E-state index in [1.807, 2.05) is 12.1 Å². The van der Waals surface area contributed by atoms with Crippen LogP contribution in [0.3, 0.4) is 0 Å². The second-order valence-electron chi connectivity index (χ2n) is 3.34. The molecule has 0 radical (unpaired) electrons. The van der Waals surface area contributed by atoms with Gasteiger partial charge in [-0.15, -0.1) is 5.10 Å². The fourth-order valence-corrected chi connectivity index (χ4v) is 1.50. The monoisotopic (exact) mass is 193 g/mol. The Balaban J connectivity index is 2.07. The Morgan fingerprint density at radius 3 is 2.64 bits per heavy atom. The number of hydrogen-bond acceptors (Lipinski definition) is 4. The molecule has 0 unspecified atom stereocenters. The van der Waals surface area contributed by atoms with E-state index >= 15 is 0 Å². The summed E-state index contributed by atoms with van der Waals surface area (Å²) in [4.78, 5) is 2.20. The number of morpholine rings is 1. The summed E-state index contributed by atoms with van der Waals surface area (Å²) >= 11 is 0. The van der Waals surface area contributed by atoms with E-state index in [-0.39, 0.29) is 0 Å². The molecule has 0 aromatic carbocycles. The summed E-state index contributed by atoms with van der Waals surface area (Å²) in [7, 11) is 0. The van der Waals surface area contributed by atoms with Crippen molar-refractivity contribution in [3.8, 4) is 0 Å². The molecule has 14 heavy (non-hydrogen) atoms. The second kappa shape index (κ2) is 4.37. The highest BCUT2D eigenvalue weighted by Gasteiger charge is 2.12. The first kappa shape index (κ1) is 9.40. The van der Waals surface area contributed by atoms with Crippen molar-refractivity contribution in [2.75, 3.05) is 31.2 Å². The second-order valence-corrected chi connectivity index (χ2v) is 3.34. The summed E-state index contributed by atoms with van der Waals surface area (Å²) in [5.41, 5.74) is 1.04. The summed E-state index contributed by atoms with van der Waals surface area (Å²) in [6.45, 7) is 5.49. The van der Waals surface area contributed by atoms with E-state index in [1.165, 1.54) is 0 Å². The van der Waals surface area contributed by atoms with Crippen LogP contribution in [0.15, 0.2) is 12.1 Å². The number of anilines is 1. The van der Waals surface area contributed by atoms with Crippen LogP contribution in [0, 0.1) is 0 Å². The van der Waals surface area contributed by atoms with Gasteiger partial charge < -0.3 is 9.64 Å². The summed E-state index contributed by atoms with van der Waals surface area (Å²) in [6.07, 6.45) is 0.941. The number of nitrogens with zero attached hydrogens (tertiary/aromatic N) is 3. The van der Waals surface area contributed by atoms with Gasteiger partial charge in [0.05, 0.1) is 18.9 Å². The Morgan fingerprint density at radius 1 is 1.29 bits per heavy atom. The molecule has 4 nitrogen and oxygen atoms in total. The predicted molar refractivity (Wildman–Crippen MR) is 54.4 cm³/mol. The van der Waals surface area contributed by atoms with Gasteiger partial charge in [0.2, 0.25) is 0 Å². The molecule has 76 valence electrons. The third-order valence-corrected chi connectivity index (χ3v) is 2.40. The lowest BCUT2D eigenvalue weighted by Crippen LogP contribution is -2.36. The minimum absolute atomic E-state index is 0.789. The number of rotatable bonds is 2. The lowest BCUT2D eigenvalue weighted by Gasteiger charge is -2.27. The first-order valence-corrected chi connectivity index (χ1v) is 5.05. The largest absolute Gasteiger partial charge is 0.378 e. The molecule has 0 saturated carbocycles. The van der Waals surface area contributed by atoms with Crippen molar-refractivity contribution in [3.05, 3.63) is 17.8 Å². The summed E-state index contributed by atoms with van der Waals surface area (Å²) in [5, 5.41) is 8.33. The van der Waals surface area contributed by atoms with Crippen molar-refractivity contribution in [3.63, 3.8) is 0 Å². The van der Waals surface area contributed by atoms with Gasteiger partial charge in [-0.2, -0.15) is 5.10 Å². The zero-order valence-corrected chi connectivity index (χ0v) is 8.44. The minimum atomic E-state index is 0.789. The van der Waals surface area contributed by atoms with Gasteiger partial charge in [-0.3, -0.25) is 0 Å². The summed E-state index contributed by atoms with van der Waals surface area (Å²) in [6, 6.07) is 4.08. The average Bonchev–Trinajstić information content (AvgIpc) is 2.30. The van der Waals surface area contributed by atoms with Gasteiger partial charge in [0.1, 0.15) is 0 Å². The van der Waals surface area contributed by atoms with E-state index in [0.29, 0.717) is 0 Å². The molecule has 1 aliphatic rings. The van der Waals surface area contributed by atoms with Crippen LogP contribution in [0.4, 0.5) is 5.82 Å². The SMILES string of the molecule is CCc1ccc(N2CCOCC2)nn1. The molecule has 1 fully saturated rings. The van der Waals surface area contributed by atoms with E-state index in [9.17, 15) is 0 Å². The van der Waals surface area contributed by atoms with Crippen LogP contribution in [0.25, 0.3) is 0 Å². The van der Waals surface area contributed by atoms with Crippen molar-refractivity contribution in [1.29, 1.82) is 0 Å².